The number of hydrogen-bond acceptors (Lipinski definition) is 4. The molecular formula is C12H13ClN2O2S2. The number of rotatable bonds is 4. The number of nitrogens with one attached hydrogen (secondary N) is 1. The SMILES string of the molecule is CC(NS(=O)(=O)c1ccc(Cl)cc1N)c1ccsc1. The molecule has 4 nitrogen and oxygen atoms in total. The van der Waals surface area contributed by atoms with Gasteiger partial charge in [-0.2, -0.15) is 11.3 Å². The number of nitrogens with two attached hydrogens (primary N) is 1. The molecule has 1 heterocycles. The summed E-state index contributed by atoms with van der Waals surface area (Å²) in [5, 5.41) is 4.21. The van der Waals surface area contributed by atoms with Crippen LogP contribution in [0.4, 0.5) is 5.69 Å². The van der Waals surface area contributed by atoms with Crippen LogP contribution in [-0.2, 0) is 10.0 Å². The van der Waals surface area contributed by atoms with E-state index in [0.29, 0.717) is 5.02 Å². The van der Waals surface area contributed by atoms with Gasteiger partial charge in [0.15, 0.2) is 0 Å². The summed E-state index contributed by atoms with van der Waals surface area (Å²) in [5.41, 5.74) is 6.75. The van der Waals surface area contributed by atoms with Gasteiger partial charge in [0.05, 0.1) is 5.69 Å². The van der Waals surface area contributed by atoms with Gasteiger partial charge < -0.3 is 5.73 Å². The van der Waals surface area contributed by atoms with Crippen molar-refractivity contribution in [1.82, 2.24) is 4.72 Å². The highest BCUT2D eigenvalue weighted by Gasteiger charge is 2.21. The number of nitrogen functional groups attached to an aromatic ring is 1. The summed E-state index contributed by atoms with van der Waals surface area (Å²) in [6.45, 7) is 1.78. The number of anilines is 1. The Bertz CT molecular complexity index is 669. The molecule has 0 aliphatic rings. The van der Waals surface area contributed by atoms with Crippen molar-refractivity contribution in [2.45, 2.75) is 17.9 Å². The van der Waals surface area contributed by atoms with Gasteiger partial charge in [-0.15, -0.1) is 0 Å². The van der Waals surface area contributed by atoms with Crippen molar-refractivity contribution in [1.29, 1.82) is 0 Å². The first kappa shape index (κ1) is 14.3. The van der Waals surface area contributed by atoms with Gasteiger partial charge >= 0.3 is 0 Å². The van der Waals surface area contributed by atoms with E-state index in [-0.39, 0.29) is 16.6 Å². The van der Waals surface area contributed by atoms with Gasteiger partial charge in [-0.3, -0.25) is 0 Å². The van der Waals surface area contributed by atoms with E-state index < -0.39 is 10.0 Å². The lowest BCUT2D eigenvalue weighted by Gasteiger charge is -2.14. The van der Waals surface area contributed by atoms with Gasteiger partial charge in [-0.25, -0.2) is 13.1 Å². The first-order chi connectivity index (χ1) is 8.90. The van der Waals surface area contributed by atoms with Gasteiger partial charge in [0.25, 0.3) is 0 Å². The molecule has 1 aromatic carbocycles. The Morgan fingerprint density at radius 3 is 2.68 bits per heavy atom. The lowest BCUT2D eigenvalue weighted by atomic mass is 10.2. The number of thiophene rings is 1. The lowest BCUT2D eigenvalue weighted by molar-refractivity contribution is 0.567. The maximum atomic E-state index is 12.2. The van der Waals surface area contributed by atoms with Gasteiger partial charge in [0.1, 0.15) is 4.90 Å². The maximum Gasteiger partial charge on any atom is 0.243 e. The van der Waals surface area contributed by atoms with Crippen LogP contribution >= 0.6 is 22.9 Å². The second kappa shape index (κ2) is 5.50. The molecule has 0 spiro atoms. The van der Waals surface area contributed by atoms with Gasteiger partial charge in [0.2, 0.25) is 10.0 Å². The highest BCUT2D eigenvalue weighted by Crippen LogP contribution is 2.24. The molecule has 0 fully saturated rings. The minimum absolute atomic E-state index is 0.0407. The molecule has 1 unspecified atom stereocenters. The third-order valence-electron chi connectivity index (χ3n) is 2.64. The number of hydrogen-bond donors (Lipinski definition) is 2. The fraction of sp³-hybridized carbons (Fsp3) is 0.167. The van der Waals surface area contributed by atoms with E-state index in [1.807, 2.05) is 16.8 Å². The predicted octanol–water partition coefficient (Wildman–Crippen LogP) is 3.02. The summed E-state index contributed by atoms with van der Waals surface area (Å²) in [7, 11) is -3.66. The molecular weight excluding hydrogens is 304 g/mol. The highest BCUT2D eigenvalue weighted by atomic mass is 35.5. The Kier molecular flexibility index (Phi) is 4.15. The Labute approximate surface area is 121 Å². The Morgan fingerprint density at radius 1 is 1.37 bits per heavy atom. The molecule has 19 heavy (non-hydrogen) atoms. The van der Waals surface area contributed by atoms with Crippen LogP contribution in [0.2, 0.25) is 5.02 Å². The smallest absolute Gasteiger partial charge is 0.243 e. The normalized spacial score (nSPS) is 13.4. The molecule has 1 aromatic heterocycles. The molecule has 7 heteroatoms. The topological polar surface area (TPSA) is 72.2 Å². The van der Waals surface area contributed by atoms with Crippen LogP contribution in [-0.4, -0.2) is 8.42 Å². The van der Waals surface area contributed by atoms with Crippen molar-refractivity contribution in [3.8, 4) is 0 Å². The second-order valence-corrected chi connectivity index (χ2v) is 6.98. The van der Waals surface area contributed by atoms with Crippen LogP contribution in [0.1, 0.15) is 18.5 Å². The summed E-state index contributed by atoms with van der Waals surface area (Å²) in [6.07, 6.45) is 0. The van der Waals surface area contributed by atoms with E-state index in [1.165, 1.54) is 29.5 Å². The van der Waals surface area contributed by atoms with Crippen LogP contribution in [0.5, 0.6) is 0 Å². The van der Waals surface area contributed by atoms with E-state index in [2.05, 4.69) is 4.72 Å². The van der Waals surface area contributed by atoms with Crippen LogP contribution in [0.3, 0.4) is 0 Å². The fourth-order valence-electron chi connectivity index (χ4n) is 1.65. The van der Waals surface area contributed by atoms with Crippen molar-refractivity contribution in [3.05, 3.63) is 45.6 Å². The molecule has 2 rings (SSSR count). The van der Waals surface area contributed by atoms with E-state index >= 15 is 0 Å². The molecule has 0 saturated carbocycles. The zero-order valence-electron chi connectivity index (χ0n) is 10.1. The van der Waals surface area contributed by atoms with E-state index in [4.69, 9.17) is 17.3 Å². The van der Waals surface area contributed by atoms with Crippen molar-refractivity contribution in [2.75, 3.05) is 5.73 Å². The third kappa shape index (κ3) is 3.27. The van der Waals surface area contributed by atoms with E-state index in [9.17, 15) is 8.42 Å². The number of halogens is 1. The highest BCUT2D eigenvalue weighted by molar-refractivity contribution is 7.89. The lowest BCUT2D eigenvalue weighted by Crippen LogP contribution is -2.27. The number of benzene rings is 1. The van der Waals surface area contributed by atoms with Crippen LogP contribution in [0, 0.1) is 0 Å². The van der Waals surface area contributed by atoms with Crippen molar-refractivity contribution in [2.24, 2.45) is 0 Å². The summed E-state index contributed by atoms with van der Waals surface area (Å²) in [4.78, 5) is 0.0407. The Hall–Kier alpha value is -1.08. The van der Waals surface area contributed by atoms with Crippen LogP contribution in [0.25, 0.3) is 0 Å². The molecule has 102 valence electrons. The van der Waals surface area contributed by atoms with Crippen molar-refractivity contribution < 1.29 is 8.42 Å². The van der Waals surface area contributed by atoms with Gasteiger partial charge in [-0.1, -0.05) is 11.6 Å². The largest absolute Gasteiger partial charge is 0.398 e. The molecule has 2 aromatic rings. The summed E-state index contributed by atoms with van der Waals surface area (Å²) < 4.78 is 27.1. The first-order valence-corrected chi connectivity index (χ1v) is 8.30. The van der Waals surface area contributed by atoms with Gasteiger partial charge in [0, 0.05) is 11.1 Å². The van der Waals surface area contributed by atoms with E-state index in [0.717, 1.165) is 5.56 Å². The Balaban J connectivity index is 2.28. The molecule has 0 aliphatic heterocycles. The zero-order chi connectivity index (χ0) is 14.0. The summed E-state index contributed by atoms with van der Waals surface area (Å²) in [6, 6.07) is 5.89. The maximum absolute atomic E-state index is 12.2. The second-order valence-electron chi connectivity index (χ2n) is 4.08. The molecule has 0 amide bonds. The molecule has 1 atom stereocenters. The fourth-order valence-corrected chi connectivity index (χ4v) is 3.93. The third-order valence-corrected chi connectivity index (χ3v) is 5.19. The van der Waals surface area contributed by atoms with Crippen molar-refractivity contribution in [3.63, 3.8) is 0 Å². The zero-order valence-corrected chi connectivity index (χ0v) is 12.5. The van der Waals surface area contributed by atoms with Gasteiger partial charge in [-0.05, 0) is 47.5 Å². The quantitative estimate of drug-likeness (QED) is 0.852. The Morgan fingerprint density at radius 2 is 2.11 bits per heavy atom. The minimum Gasteiger partial charge on any atom is -0.398 e. The molecule has 0 aliphatic carbocycles. The van der Waals surface area contributed by atoms with Crippen molar-refractivity contribution >= 4 is 38.6 Å². The molecule has 0 radical (unpaired) electrons. The minimum atomic E-state index is -3.66. The average molecular weight is 317 g/mol. The monoisotopic (exact) mass is 316 g/mol. The number of sulfonamides is 1. The molecule has 0 saturated heterocycles. The predicted molar refractivity (Wildman–Crippen MR) is 78.9 cm³/mol. The average Bonchev–Trinajstić information content (AvgIpc) is 2.80. The summed E-state index contributed by atoms with van der Waals surface area (Å²) in [5.74, 6) is 0. The van der Waals surface area contributed by atoms with E-state index in [1.54, 1.807) is 6.92 Å². The van der Waals surface area contributed by atoms with Crippen LogP contribution < -0.4 is 10.5 Å². The first-order valence-electron chi connectivity index (χ1n) is 5.49. The van der Waals surface area contributed by atoms with Crippen LogP contribution in [0.15, 0.2) is 39.9 Å². The standard InChI is InChI=1S/C12H13ClN2O2S2/c1-8(9-4-5-18-7-9)15-19(16,17)12-3-2-10(13)6-11(12)14/h2-8,15H,14H2,1H3. The summed E-state index contributed by atoms with van der Waals surface area (Å²) >= 11 is 7.28. The molecule has 3 N–H and O–H groups in total. The molecule has 0 bridgehead atoms.